The lowest BCUT2D eigenvalue weighted by Crippen LogP contribution is -2.39. The van der Waals surface area contributed by atoms with Crippen LogP contribution in [-0.2, 0) is 10.0 Å². The van der Waals surface area contributed by atoms with Crippen LogP contribution in [-0.4, -0.2) is 38.9 Å². The first kappa shape index (κ1) is 17.7. The molecule has 2 aliphatic rings. The summed E-state index contributed by atoms with van der Waals surface area (Å²) in [5.74, 6) is 0. The molecule has 2 heterocycles. The van der Waals surface area contributed by atoms with Crippen LogP contribution < -0.4 is 5.32 Å². The second-order valence-corrected chi connectivity index (χ2v) is 8.79. The summed E-state index contributed by atoms with van der Waals surface area (Å²) < 4.78 is 27.7. The normalized spacial score (nSPS) is 21.0. The molecule has 0 atom stereocenters. The van der Waals surface area contributed by atoms with E-state index in [9.17, 15) is 8.42 Å². The summed E-state index contributed by atoms with van der Waals surface area (Å²) in [6.07, 6.45) is 3.15. The molecule has 2 saturated heterocycles. The topological polar surface area (TPSA) is 49.4 Å². The highest BCUT2D eigenvalue weighted by Crippen LogP contribution is 2.40. The molecule has 1 N–H and O–H groups in total. The van der Waals surface area contributed by atoms with Gasteiger partial charge in [-0.05, 0) is 60.7 Å². The molecule has 0 radical (unpaired) electrons. The lowest BCUT2D eigenvalue weighted by molar-refractivity contribution is 0.218. The van der Waals surface area contributed by atoms with Crippen molar-refractivity contribution in [2.45, 2.75) is 24.2 Å². The number of fused-ring (bicyclic) bond motifs is 1. The maximum atomic E-state index is 13.0. The zero-order valence-electron chi connectivity index (χ0n) is 13.6. The number of benzene rings is 2. The van der Waals surface area contributed by atoms with Crippen molar-refractivity contribution in [1.82, 2.24) is 9.62 Å². The van der Waals surface area contributed by atoms with Gasteiger partial charge in [0.15, 0.2) is 0 Å². The summed E-state index contributed by atoms with van der Waals surface area (Å²) in [6.45, 7) is 3.33. The van der Waals surface area contributed by atoms with Gasteiger partial charge in [0.05, 0.1) is 4.90 Å². The van der Waals surface area contributed by atoms with Gasteiger partial charge in [0.25, 0.3) is 0 Å². The minimum Gasteiger partial charge on any atom is -0.317 e. The highest BCUT2D eigenvalue weighted by molar-refractivity contribution is 7.89. The monoisotopic (exact) mass is 366 g/mol. The number of hydrogen-bond acceptors (Lipinski definition) is 3. The summed E-state index contributed by atoms with van der Waals surface area (Å²) in [6, 6.07) is 13.3. The Morgan fingerprint density at radius 2 is 1.67 bits per heavy atom. The van der Waals surface area contributed by atoms with Crippen LogP contribution in [0.2, 0.25) is 0 Å². The first-order chi connectivity index (χ1) is 11.1. The number of sulfonamides is 1. The molecule has 24 heavy (non-hydrogen) atoms. The van der Waals surface area contributed by atoms with E-state index in [0.717, 1.165) is 43.1 Å². The van der Waals surface area contributed by atoms with Crippen molar-refractivity contribution in [3.05, 3.63) is 42.5 Å². The molecule has 2 aromatic rings. The molecule has 1 spiro atoms. The molecule has 0 amide bonds. The first-order valence-corrected chi connectivity index (χ1v) is 9.73. The third kappa shape index (κ3) is 3.06. The summed E-state index contributed by atoms with van der Waals surface area (Å²) >= 11 is 0. The van der Waals surface area contributed by atoms with Gasteiger partial charge < -0.3 is 5.32 Å². The van der Waals surface area contributed by atoms with E-state index < -0.39 is 10.0 Å². The molecule has 0 unspecified atom stereocenters. The SMILES string of the molecule is Cl.O=S(=O)(c1ccc2ccccc2c1)N1CCC2(CCNCC2)C1. The van der Waals surface area contributed by atoms with E-state index in [1.807, 2.05) is 30.3 Å². The summed E-state index contributed by atoms with van der Waals surface area (Å²) in [4.78, 5) is 0.419. The number of piperidine rings is 1. The van der Waals surface area contributed by atoms with Crippen LogP contribution in [0.4, 0.5) is 0 Å². The fourth-order valence-corrected chi connectivity index (χ4v) is 5.53. The van der Waals surface area contributed by atoms with Gasteiger partial charge in [-0.3, -0.25) is 0 Å². The summed E-state index contributed by atoms with van der Waals surface area (Å²) in [5, 5.41) is 5.42. The van der Waals surface area contributed by atoms with E-state index in [-0.39, 0.29) is 17.8 Å². The summed E-state index contributed by atoms with van der Waals surface area (Å²) in [5.41, 5.74) is 0.190. The molecular weight excluding hydrogens is 344 g/mol. The Hall–Kier alpha value is -1.14. The number of halogens is 1. The number of nitrogens with one attached hydrogen (secondary N) is 1. The molecule has 0 bridgehead atoms. The van der Waals surface area contributed by atoms with Crippen LogP contribution in [0, 0.1) is 5.41 Å². The maximum absolute atomic E-state index is 13.0. The smallest absolute Gasteiger partial charge is 0.243 e. The Labute approximate surface area is 149 Å². The Bertz CT molecular complexity index is 832. The Morgan fingerprint density at radius 1 is 0.958 bits per heavy atom. The third-order valence-corrected chi connectivity index (χ3v) is 7.27. The van der Waals surface area contributed by atoms with Crippen LogP contribution in [0.25, 0.3) is 10.8 Å². The molecule has 0 aliphatic carbocycles. The predicted octanol–water partition coefficient (Wildman–Crippen LogP) is 3.03. The molecule has 6 heteroatoms. The van der Waals surface area contributed by atoms with Crippen LogP contribution >= 0.6 is 12.4 Å². The molecule has 130 valence electrons. The van der Waals surface area contributed by atoms with Crippen molar-refractivity contribution < 1.29 is 8.42 Å². The average Bonchev–Trinajstić information content (AvgIpc) is 2.99. The average molecular weight is 367 g/mol. The van der Waals surface area contributed by atoms with E-state index in [4.69, 9.17) is 0 Å². The number of hydrogen-bond donors (Lipinski definition) is 1. The van der Waals surface area contributed by atoms with Crippen molar-refractivity contribution >= 4 is 33.2 Å². The van der Waals surface area contributed by atoms with Gasteiger partial charge >= 0.3 is 0 Å². The van der Waals surface area contributed by atoms with Gasteiger partial charge in [0.1, 0.15) is 0 Å². The Kier molecular flexibility index (Phi) is 4.89. The predicted molar refractivity (Wildman–Crippen MR) is 99.1 cm³/mol. The standard InChI is InChI=1S/C18H22N2O2S.ClH/c21-23(22,17-6-5-15-3-1-2-4-16(15)13-17)20-12-9-18(14-20)7-10-19-11-8-18;/h1-6,13,19H,7-12,14H2;1H. The van der Waals surface area contributed by atoms with Crippen LogP contribution in [0.5, 0.6) is 0 Å². The van der Waals surface area contributed by atoms with Crippen molar-refractivity contribution in [1.29, 1.82) is 0 Å². The lowest BCUT2D eigenvalue weighted by atomic mass is 9.78. The van der Waals surface area contributed by atoms with E-state index >= 15 is 0 Å². The molecule has 2 aliphatic heterocycles. The van der Waals surface area contributed by atoms with Crippen molar-refractivity contribution in [2.24, 2.45) is 5.41 Å². The van der Waals surface area contributed by atoms with Crippen LogP contribution in [0.3, 0.4) is 0 Å². The maximum Gasteiger partial charge on any atom is 0.243 e. The lowest BCUT2D eigenvalue weighted by Gasteiger charge is -2.33. The minimum absolute atomic E-state index is 0. The highest BCUT2D eigenvalue weighted by atomic mass is 35.5. The molecule has 2 aromatic carbocycles. The molecule has 4 nitrogen and oxygen atoms in total. The highest BCUT2D eigenvalue weighted by Gasteiger charge is 2.43. The molecule has 2 fully saturated rings. The van der Waals surface area contributed by atoms with E-state index in [1.165, 1.54) is 0 Å². The fourth-order valence-electron chi connectivity index (χ4n) is 3.94. The van der Waals surface area contributed by atoms with Gasteiger partial charge in [-0.15, -0.1) is 12.4 Å². The molecule has 0 aromatic heterocycles. The van der Waals surface area contributed by atoms with Gasteiger partial charge in [0, 0.05) is 13.1 Å². The number of nitrogens with zero attached hydrogens (tertiary/aromatic N) is 1. The van der Waals surface area contributed by atoms with Crippen molar-refractivity contribution in [3.8, 4) is 0 Å². The van der Waals surface area contributed by atoms with Gasteiger partial charge in [0.2, 0.25) is 10.0 Å². The van der Waals surface area contributed by atoms with E-state index in [1.54, 1.807) is 16.4 Å². The van der Waals surface area contributed by atoms with Gasteiger partial charge in [-0.25, -0.2) is 8.42 Å². The molecule has 0 saturated carbocycles. The minimum atomic E-state index is -3.39. The zero-order valence-corrected chi connectivity index (χ0v) is 15.2. The van der Waals surface area contributed by atoms with Crippen molar-refractivity contribution in [2.75, 3.05) is 26.2 Å². The third-order valence-electron chi connectivity index (χ3n) is 5.43. The van der Waals surface area contributed by atoms with E-state index in [0.29, 0.717) is 18.0 Å². The van der Waals surface area contributed by atoms with Gasteiger partial charge in [-0.1, -0.05) is 30.3 Å². The molecular formula is C18H23ClN2O2S. The summed E-state index contributed by atoms with van der Waals surface area (Å²) in [7, 11) is -3.39. The van der Waals surface area contributed by atoms with Gasteiger partial charge in [-0.2, -0.15) is 4.31 Å². The second kappa shape index (κ2) is 6.64. The largest absolute Gasteiger partial charge is 0.317 e. The second-order valence-electron chi connectivity index (χ2n) is 6.85. The van der Waals surface area contributed by atoms with Crippen molar-refractivity contribution in [3.63, 3.8) is 0 Å². The number of rotatable bonds is 2. The molecule has 4 rings (SSSR count). The Morgan fingerprint density at radius 3 is 2.42 bits per heavy atom. The van der Waals surface area contributed by atoms with Crippen LogP contribution in [0.15, 0.2) is 47.4 Å². The quantitative estimate of drug-likeness (QED) is 0.888. The first-order valence-electron chi connectivity index (χ1n) is 8.29. The fraction of sp³-hybridized carbons (Fsp3) is 0.444. The van der Waals surface area contributed by atoms with Crippen LogP contribution in [0.1, 0.15) is 19.3 Å². The van der Waals surface area contributed by atoms with E-state index in [2.05, 4.69) is 5.32 Å². The zero-order chi connectivity index (χ0) is 15.9. The Balaban J connectivity index is 0.00000169.